The normalized spacial score (nSPS) is 11.8. The summed E-state index contributed by atoms with van der Waals surface area (Å²) in [4.78, 5) is 9.43. The average Bonchev–Trinajstić information content (AvgIpc) is 3.79. The van der Waals surface area contributed by atoms with E-state index in [9.17, 15) is 0 Å². The van der Waals surface area contributed by atoms with Gasteiger partial charge in [-0.05, 0) is 41.8 Å². The number of rotatable bonds is 3. The Morgan fingerprint density at radius 2 is 1.40 bits per heavy atom. The molecular formula is C38H20N4O2Pd. The number of hydrogen-bond donors (Lipinski definition) is 0. The molecule has 0 aliphatic heterocycles. The standard InChI is InChI=1S/C38H20N4O2.Pd/c1-3-12-32-27(9-1)26-15-14-25(22-31(26)37-40-19-20-41(32)37)43-24-8-5-7-23(21-24)42-33-17-16-29-28-10-2-4-13-34(28)44-36(29)35(33)30-11-6-18-39-38(30)42;/h1-20H;/q-2;+2. The molecule has 0 atom stereocenters. The molecule has 0 amide bonds. The Balaban J connectivity index is 0.00000281. The van der Waals surface area contributed by atoms with Crippen LogP contribution in [0.15, 0.2) is 126 Å². The average molecular weight is 671 g/mol. The molecule has 0 saturated heterocycles. The third kappa shape index (κ3) is 3.72. The van der Waals surface area contributed by atoms with E-state index in [1.165, 1.54) is 0 Å². The number of hydrogen-bond acceptors (Lipinski definition) is 4. The van der Waals surface area contributed by atoms with Crippen LogP contribution in [0, 0.1) is 12.1 Å². The fourth-order valence-corrected chi connectivity index (χ4v) is 6.63. The van der Waals surface area contributed by atoms with Crippen molar-refractivity contribution in [3.63, 3.8) is 0 Å². The smallest absolute Gasteiger partial charge is 0.503 e. The molecule has 5 aromatic heterocycles. The second-order valence-corrected chi connectivity index (χ2v) is 10.9. The molecule has 5 aromatic carbocycles. The Bertz CT molecular complexity index is 2770. The van der Waals surface area contributed by atoms with Crippen LogP contribution in [0.2, 0.25) is 0 Å². The van der Waals surface area contributed by atoms with Crippen LogP contribution < -0.4 is 4.74 Å². The van der Waals surface area contributed by atoms with E-state index in [1.807, 2.05) is 73.2 Å². The van der Waals surface area contributed by atoms with Gasteiger partial charge in [0, 0.05) is 51.8 Å². The summed E-state index contributed by atoms with van der Waals surface area (Å²) in [6.45, 7) is 0. The van der Waals surface area contributed by atoms with Crippen molar-refractivity contribution >= 4 is 71.2 Å². The third-order valence-corrected chi connectivity index (χ3v) is 8.48. The largest absolute Gasteiger partial charge is 2.00 e. The second kappa shape index (κ2) is 9.77. The van der Waals surface area contributed by atoms with E-state index in [0.717, 1.165) is 76.9 Å². The topological polar surface area (TPSA) is 57.5 Å². The maximum absolute atomic E-state index is 6.43. The van der Waals surface area contributed by atoms with E-state index in [1.54, 1.807) is 0 Å². The van der Waals surface area contributed by atoms with Crippen molar-refractivity contribution in [1.82, 2.24) is 18.9 Å². The van der Waals surface area contributed by atoms with Crippen LogP contribution in [-0.2, 0) is 20.4 Å². The first kappa shape index (κ1) is 26.0. The summed E-state index contributed by atoms with van der Waals surface area (Å²) < 4.78 is 17.0. The van der Waals surface area contributed by atoms with Crippen molar-refractivity contribution in [2.75, 3.05) is 0 Å². The zero-order chi connectivity index (χ0) is 28.8. The van der Waals surface area contributed by atoms with Gasteiger partial charge < -0.3 is 18.1 Å². The molecule has 0 N–H and O–H groups in total. The zero-order valence-electron chi connectivity index (χ0n) is 23.5. The first-order valence-corrected chi connectivity index (χ1v) is 14.4. The molecule has 0 saturated carbocycles. The van der Waals surface area contributed by atoms with Gasteiger partial charge in [0.2, 0.25) is 0 Å². The molecular weight excluding hydrogens is 651 g/mol. The van der Waals surface area contributed by atoms with E-state index in [4.69, 9.17) is 14.1 Å². The molecule has 0 aliphatic rings. The fourth-order valence-electron chi connectivity index (χ4n) is 6.63. The number of para-hydroxylation sites is 2. The first-order valence-electron chi connectivity index (χ1n) is 14.4. The van der Waals surface area contributed by atoms with Crippen molar-refractivity contribution in [1.29, 1.82) is 0 Å². The van der Waals surface area contributed by atoms with Crippen molar-refractivity contribution in [2.45, 2.75) is 0 Å². The van der Waals surface area contributed by atoms with Crippen LogP contribution in [0.5, 0.6) is 11.5 Å². The summed E-state index contributed by atoms with van der Waals surface area (Å²) in [6, 6.07) is 41.7. The van der Waals surface area contributed by atoms with Crippen LogP contribution in [0.1, 0.15) is 0 Å². The van der Waals surface area contributed by atoms with Gasteiger partial charge in [0.05, 0.1) is 16.6 Å². The summed E-state index contributed by atoms with van der Waals surface area (Å²) in [6.07, 6.45) is 5.62. The van der Waals surface area contributed by atoms with E-state index < -0.39 is 0 Å². The van der Waals surface area contributed by atoms with E-state index in [2.05, 4.69) is 74.6 Å². The number of benzene rings is 5. The van der Waals surface area contributed by atoms with Gasteiger partial charge in [0.15, 0.2) is 0 Å². The molecule has 45 heavy (non-hydrogen) atoms. The minimum atomic E-state index is 0. The number of aromatic nitrogens is 4. The van der Waals surface area contributed by atoms with E-state index >= 15 is 0 Å². The quantitative estimate of drug-likeness (QED) is 0.107. The summed E-state index contributed by atoms with van der Waals surface area (Å²) >= 11 is 0. The first-order chi connectivity index (χ1) is 21.8. The van der Waals surface area contributed by atoms with Crippen molar-refractivity contribution in [3.8, 4) is 17.2 Å². The summed E-state index contributed by atoms with van der Waals surface area (Å²) in [7, 11) is 0. The Kier molecular flexibility index (Phi) is 5.64. The molecule has 0 aliphatic carbocycles. The summed E-state index contributed by atoms with van der Waals surface area (Å²) in [5, 5.41) is 7.36. The third-order valence-electron chi connectivity index (χ3n) is 8.48. The van der Waals surface area contributed by atoms with Crippen LogP contribution in [0.3, 0.4) is 0 Å². The molecule has 214 valence electrons. The molecule has 0 bridgehead atoms. The number of nitrogens with zero attached hydrogens (tertiary/aromatic N) is 4. The van der Waals surface area contributed by atoms with Crippen LogP contribution in [-0.4, -0.2) is 18.9 Å². The van der Waals surface area contributed by atoms with Crippen molar-refractivity contribution in [3.05, 3.63) is 134 Å². The number of ether oxygens (including phenoxy) is 1. The van der Waals surface area contributed by atoms with Gasteiger partial charge in [0.1, 0.15) is 16.8 Å². The fraction of sp³-hybridized carbons (Fsp3) is 0. The summed E-state index contributed by atoms with van der Waals surface area (Å²) in [5.41, 5.74) is 6.31. The van der Waals surface area contributed by atoms with Gasteiger partial charge in [-0.2, -0.15) is 6.07 Å². The predicted octanol–water partition coefficient (Wildman–Crippen LogP) is 9.42. The molecule has 6 nitrogen and oxygen atoms in total. The number of imidazole rings is 1. The Hall–Kier alpha value is -5.48. The zero-order valence-corrected chi connectivity index (χ0v) is 25.0. The van der Waals surface area contributed by atoms with E-state index in [-0.39, 0.29) is 20.4 Å². The number of furan rings is 1. The van der Waals surface area contributed by atoms with Gasteiger partial charge in [-0.1, -0.05) is 58.9 Å². The maximum atomic E-state index is 6.43. The van der Waals surface area contributed by atoms with Gasteiger partial charge >= 0.3 is 20.4 Å². The minimum Gasteiger partial charge on any atom is -0.503 e. The number of fused-ring (bicyclic) bond motifs is 13. The molecule has 0 spiro atoms. The van der Waals surface area contributed by atoms with Gasteiger partial charge in [-0.15, -0.1) is 30.3 Å². The van der Waals surface area contributed by atoms with Crippen LogP contribution >= 0.6 is 0 Å². The van der Waals surface area contributed by atoms with Crippen molar-refractivity contribution < 1.29 is 29.6 Å². The van der Waals surface area contributed by atoms with Crippen molar-refractivity contribution in [2.24, 2.45) is 0 Å². The minimum absolute atomic E-state index is 0. The summed E-state index contributed by atoms with van der Waals surface area (Å²) in [5.74, 6) is 1.17. The Morgan fingerprint density at radius 1 is 0.600 bits per heavy atom. The maximum Gasteiger partial charge on any atom is 2.00 e. The molecule has 0 fully saturated rings. The predicted molar refractivity (Wildman–Crippen MR) is 174 cm³/mol. The van der Waals surface area contributed by atoms with Gasteiger partial charge in [-0.3, -0.25) is 4.98 Å². The molecule has 0 radical (unpaired) electrons. The SMILES string of the molecule is [Pd+2].[c-]1c(Oc2[c-]c3c(cc2)c2ccccc2n2ccnc32)cccc1-n1c2ccc3c4ccccc4oc3c2c2cccnc21. The number of pyridine rings is 2. The second-order valence-electron chi connectivity index (χ2n) is 10.9. The van der Waals surface area contributed by atoms with Crippen LogP contribution in [0.25, 0.3) is 76.9 Å². The molecule has 7 heteroatoms. The molecule has 10 aromatic rings. The Morgan fingerprint density at radius 3 is 2.36 bits per heavy atom. The van der Waals surface area contributed by atoms with E-state index in [0.29, 0.717) is 11.5 Å². The van der Waals surface area contributed by atoms with Gasteiger partial charge in [0.25, 0.3) is 0 Å². The Labute approximate surface area is 269 Å². The molecule has 10 rings (SSSR count). The molecule has 0 unspecified atom stereocenters. The van der Waals surface area contributed by atoms with Crippen LogP contribution in [0.4, 0.5) is 0 Å². The molecule has 5 heterocycles. The monoisotopic (exact) mass is 670 g/mol. The van der Waals surface area contributed by atoms with Gasteiger partial charge in [-0.25, -0.2) is 4.98 Å².